The summed E-state index contributed by atoms with van der Waals surface area (Å²) in [6, 6.07) is 8.63. The molecule has 0 atom stereocenters. The van der Waals surface area contributed by atoms with E-state index in [-0.39, 0.29) is 5.69 Å². The molecule has 4 nitrogen and oxygen atoms in total. The lowest BCUT2D eigenvalue weighted by Crippen LogP contribution is -2.03. The highest BCUT2D eigenvalue weighted by atomic mass is 32.1. The second-order valence-corrected chi connectivity index (χ2v) is 5.32. The fourth-order valence-electron chi connectivity index (χ4n) is 1.95. The van der Waals surface area contributed by atoms with E-state index in [9.17, 15) is 13.2 Å². The molecule has 3 aromatic rings. The molecule has 0 saturated heterocycles. The Labute approximate surface area is 126 Å². The molecule has 0 aliphatic carbocycles. The van der Waals surface area contributed by atoms with Crippen molar-refractivity contribution in [2.24, 2.45) is 0 Å². The molecular formula is C14H7F3N4S. The molecule has 0 bridgehead atoms. The van der Waals surface area contributed by atoms with Crippen molar-refractivity contribution in [2.75, 3.05) is 0 Å². The maximum atomic E-state index is 12.5. The number of benzene rings is 1. The third-order valence-electron chi connectivity index (χ3n) is 3.02. The fourth-order valence-corrected chi connectivity index (χ4v) is 2.85. The highest BCUT2D eigenvalue weighted by molar-refractivity contribution is 7.14. The quantitative estimate of drug-likeness (QED) is 0.773. The number of aromatic nitrogens is 3. The Balaban J connectivity index is 1.93. The number of nitrogens with zero attached hydrogens (tertiary/aromatic N) is 3. The Morgan fingerprint density at radius 1 is 1.09 bits per heavy atom. The minimum atomic E-state index is -4.35. The van der Waals surface area contributed by atoms with Crippen molar-refractivity contribution >= 4 is 11.3 Å². The normalized spacial score (nSPS) is 11.4. The SMILES string of the molecule is N#Cc1n[nH]nc1-c1csc(-c2ccc(C(F)(F)F)cc2)c1. The van der Waals surface area contributed by atoms with Gasteiger partial charge in [0.15, 0.2) is 5.69 Å². The monoisotopic (exact) mass is 320 g/mol. The molecule has 0 amide bonds. The van der Waals surface area contributed by atoms with E-state index in [1.54, 1.807) is 11.4 Å². The molecule has 1 aromatic carbocycles. The number of thiophene rings is 1. The fraction of sp³-hybridized carbons (Fsp3) is 0.0714. The van der Waals surface area contributed by atoms with Crippen molar-refractivity contribution < 1.29 is 13.2 Å². The van der Waals surface area contributed by atoms with Crippen LogP contribution in [-0.2, 0) is 6.18 Å². The average Bonchev–Trinajstić information content (AvgIpc) is 3.15. The summed E-state index contributed by atoms with van der Waals surface area (Å²) in [6.45, 7) is 0. The second kappa shape index (κ2) is 5.27. The Bertz CT molecular complexity index is 840. The molecule has 2 aromatic heterocycles. The van der Waals surface area contributed by atoms with Crippen LogP contribution >= 0.6 is 11.3 Å². The van der Waals surface area contributed by atoms with Gasteiger partial charge in [-0.2, -0.15) is 28.7 Å². The van der Waals surface area contributed by atoms with Gasteiger partial charge in [0.25, 0.3) is 0 Å². The van der Waals surface area contributed by atoms with Gasteiger partial charge in [-0.15, -0.1) is 16.4 Å². The van der Waals surface area contributed by atoms with Gasteiger partial charge >= 0.3 is 6.18 Å². The predicted molar refractivity (Wildman–Crippen MR) is 74.8 cm³/mol. The van der Waals surface area contributed by atoms with Crippen molar-refractivity contribution in [1.82, 2.24) is 15.4 Å². The molecule has 0 saturated carbocycles. The summed E-state index contributed by atoms with van der Waals surface area (Å²) in [7, 11) is 0. The lowest BCUT2D eigenvalue weighted by molar-refractivity contribution is -0.137. The van der Waals surface area contributed by atoms with E-state index in [1.165, 1.54) is 23.5 Å². The number of hydrogen-bond acceptors (Lipinski definition) is 4. The summed E-state index contributed by atoms with van der Waals surface area (Å²) in [6.07, 6.45) is -4.35. The van der Waals surface area contributed by atoms with E-state index in [0.717, 1.165) is 17.0 Å². The number of nitrogens with one attached hydrogen (secondary N) is 1. The van der Waals surface area contributed by atoms with Crippen molar-refractivity contribution in [1.29, 1.82) is 5.26 Å². The lowest BCUT2D eigenvalue weighted by Gasteiger charge is -2.06. The van der Waals surface area contributed by atoms with E-state index in [2.05, 4.69) is 15.4 Å². The summed E-state index contributed by atoms with van der Waals surface area (Å²) in [4.78, 5) is 0.788. The zero-order valence-electron chi connectivity index (χ0n) is 10.8. The number of aromatic amines is 1. The summed E-state index contributed by atoms with van der Waals surface area (Å²) in [5.41, 5.74) is 1.29. The van der Waals surface area contributed by atoms with Gasteiger partial charge in [-0.1, -0.05) is 12.1 Å². The van der Waals surface area contributed by atoms with Crippen LogP contribution in [0.3, 0.4) is 0 Å². The Hall–Kier alpha value is -2.66. The first-order valence-corrected chi connectivity index (χ1v) is 6.94. The Morgan fingerprint density at radius 2 is 1.82 bits per heavy atom. The van der Waals surface area contributed by atoms with E-state index in [0.29, 0.717) is 16.8 Å². The smallest absolute Gasteiger partial charge is 0.196 e. The van der Waals surface area contributed by atoms with Crippen LogP contribution in [0.2, 0.25) is 0 Å². The van der Waals surface area contributed by atoms with Gasteiger partial charge in [0.1, 0.15) is 11.8 Å². The number of halogens is 3. The topological polar surface area (TPSA) is 65.4 Å². The molecule has 1 N–H and O–H groups in total. The van der Waals surface area contributed by atoms with Gasteiger partial charge in [-0.3, -0.25) is 0 Å². The Kier molecular flexibility index (Phi) is 3.42. The molecule has 8 heteroatoms. The molecule has 0 fully saturated rings. The van der Waals surface area contributed by atoms with Crippen molar-refractivity contribution in [3.05, 3.63) is 47.0 Å². The van der Waals surface area contributed by atoms with Gasteiger partial charge < -0.3 is 0 Å². The summed E-state index contributed by atoms with van der Waals surface area (Å²) in [5, 5.41) is 20.7. The predicted octanol–water partition coefficient (Wildman–Crippen LogP) is 4.09. The Morgan fingerprint density at radius 3 is 2.45 bits per heavy atom. The van der Waals surface area contributed by atoms with Crippen LogP contribution in [-0.4, -0.2) is 15.4 Å². The molecule has 0 aliphatic heterocycles. The second-order valence-electron chi connectivity index (χ2n) is 4.41. The number of rotatable bonds is 2. The maximum Gasteiger partial charge on any atom is 0.416 e. The first-order valence-electron chi connectivity index (χ1n) is 6.06. The average molecular weight is 320 g/mol. The minimum Gasteiger partial charge on any atom is -0.196 e. The molecule has 0 spiro atoms. The van der Waals surface area contributed by atoms with Crippen molar-refractivity contribution in [2.45, 2.75) is 6.18 Å². The zero-order chi connectivity index (χ0) is 15.7. The van der Waals surface area contributed by atoms with Crippen LogP contribution in [0.4, 0.5) is 13.2 Å². The third kappa shape index (κ3) is 2.58. The summed E-state index contributed by atoms with van der Waals surface area (Å²) < 4.78 is 37.6. The standard InChI is InChI=1S/C14H7F3N4S/c15-14(16,17)10-3-1-8(2-4-10)12-5-9(7-22-12)13-11(6-18)19-21-20-13/h1-5,7H,(H,19,20,21). The van der Waals surface area contributed by atoms with Crippen LogP contribution in [0.15, 0.2) is 35.7 Å². The van der Waals surface area contributed by atoms with E-state index < -0.39 is 11.7 Å². The molecule has 2 heterocycles. The zero-order valence-corrected chi connectivity index (χ0v) is 11.7. The van der Waals surface area contributed by atoms with Gasteiger partial charge in [0.2, 0.25) is 0 Å². The largest absolute Gasteiger partial charge is 0.416 e. The van der Waals surface area contributed by atoms with Crippen LogP contribution in [0.1, 0.15) is 11.3 Å². The lowest BCUT2D eigenvalue weighted by atomic mass is 10.1. The molecular weight excluding hydrogens is 313 g/mol. The van der Waals surface area contributed by atoms with Gasteiger partial charge in [0, 0.05) is 15.8 Å². The first kappa shape index (κ1) is 14.3. The van der Waals surface area contributed by atoms with Crippen LogP contribution < -0.4 is 0 Å². The van der Waals surface area contributed by atoms with Gasteiger partial charge in [0.05, 0.1) is 5.56 Å². The summed E-state index contributed by atoms with van der Waals surface area (Å²) in [5.74, 6) is 0. The minimum absolute atomic E-state index is 0.178. The molecule has 22 heavy (non-hydrogen) atoms. The third-order valence-corrected chi connectivity index (χ3v) is 4.00. The van der Waals surface area contributed by atoms with Crippen molar-refractivity contribution in [3.63, 3.8) is 0 Å². The number of hydrogen-bond donors (Lipinski definition) is 1. The van der Waals surface area contributed by atoms with Crippen LogP contribution in [0.5, 0.6) is 0 Å². The maximum absolute atomic E-state index is 12.5. The van der Waals surface area contributed by atoms with E-state index in [1.807, 2.05) is 6.07 Å². The molecule has 0 unspecified atom stereocenters. The van der Waals surface area contributed by atoms with Gasteiger partial charge in [-0.05, 0) is 23.8 Å². The molecule has 0 radical (unpaired) electrons. The van der Waals surface area contributed by atoms with Crippen molar-refractivity contribution in [3.8, 4) is 27.8 Å². The first-order chi connectivity index (χ1) is 10.5. The highest BCUT2D eigenvalue weighted by Crippen LogP contribution is 2.35. The molecule has 3 rings (SSSR count). The van der Waals surface area contributed by atoms with Gasteiger partial charge in [-0.25, -0.2) is 0 Å². The number of alkyl halides is 3. The van der Waals surface area contributed by atoms with Crippen LogP contribution in [0.25, 0.3) is 21.7 Å². The number of nitriles is 1. The number of H-pyrrole nitrogens is 1. The van der Waals surface area contributed by atoms with E-state index in [4.69, 9.17) is 5.26 Å². The van der Waals surface area contributed by atoms with E-state index >= 15 is 0 Å². The summed E-state index contributed by atoms with van der Waals surface area (Å²) >= 11 is 1.36. The highest BCUT2D eigenvalue weighted by Gasteiger charge is 2.30. The molecule has 0 aliphatic rings. The molecule has 110 valence electrons. The van der Waals surface area contributed by atoms with Crippen LogP contribution in [0, 0.1) is 11.3 Å².